The van der Waals surface area contributed by atoms with Gasteiger partial charge in [0.15, 0.2) is 0 Å². The Labute approximate surface area is 165 Å². The second kappa shape index (κ2) is 8.57. The molecule has 28 heavy (non-hydrogen) atoms. The van der Waals surface area contributed by atoms with Gasteiger partial charge in [-0.15, -0.1) is 0 Å². The fraction of sp³-hybridized carbons (Fsp3) is 0.217. The van der Waals surface area contributed by atoms with Crippen LogP contribution in [0.2, 0.25) is 0 Å². The maximum absolute atomic E-state index is 11.3. The first kappa shape index (κ1) is 19.4. The summed E-state index contributed by atoms with van der Waals surface area (Å²) in [7, 11) is 0. The van der Waals surface area contributed by atoms with Crippen molar-refractivity contribution < 1.29 is 14.3 Å². The smallest absolute Gasteiger partial charge is 0.335 e. The minimum Gasteiger partial charge on any atom is -0.478 e. The summed E-state index contributed by atoms with van der Waals surface area (Å²) in [6, 6.07) is 17.0. The molecule has 0 aliphatic rings. The van der Waals surface area contributed by atoms with Crippen molar-refractivity contribution in [3.05, 3.63) is 71.5 Å². The van der Waals surface area contributed by atoms with Crippen molar-refractivity contribution in [1.82, 2.24) is 0 Å². The van der Waals surface area contributed by atoms with Crippen LogP contribution < -0.4 is 4.90 Å². The summed E-state index contributed by atoms with van der Waals surface area (Å²) in [6.07, 6.45) is 1.67. The van der Waals surface area contributed by atoms with Gasteiger partial charge in [-0.25, -0.2) is 4.79 Å². The van der Waals surface area contributed by atoms with Crippen LogP contribution in [0.25, 0.3) is 11.3 Å². The fourth-order valence-corrected chi connectivity index (χ4v) is 3.06. The van der Waals surface area contributed by atoms with Crippen molar-refractivity contribution in [1.29, 1.82) is 0 Å². The Morgan fingerprint density at radius 3 is 2.43 bits per heavy atom. The number of carbonyl (C=O) groups is 1. The van der Waals surface area contributed by atoms with E-state index in [2.05, 4.69) is 35.9 Å². The van der Waals surface area contributed by atoms with Gasteiger partial charge in [-0.3, -0.25) is 4.99 Å². The van der Waals surface area contributed by atoms with Crippen LogP contribution in [0.4, 0.5) is 11.4 Å². The number of benzene rings is 2. The molecule has 0 atom stereocenters. The topological polar surface area (TPSA) is 66.0 Å². The Balaban J connectivity index is 1.76. The predicted molar refractivity (Wildman–Crippen MR) is 113 cm³/mol. The minimum absolute atomic E-state index is 0.275. The third-order valence-electron chi connectivity index (χ3n) is 4.70. The van der Waals surface area contributed by atoms with E-state index in [9.17, 15) is 9.90 Å². The van der Waals surface area contributed by atoms with Crippen molar-refractivity contribution in [3.8, 4) is 11.3 Å². The molecule has 0 spiro atoms. The van der Waals surface area contributed by atoms with E-state index in [1.165, 1.54) is 5.69 Å². The molecule has 0 fully saturated rings. The average Bonchev–Trinajstić information content (AvgIpc) is 3.17. The van der Waals surface area contributed by atoms with Gasteiger partial charge in [-0.1, -0.05) is 12.1 Å². The van der Waals surface area contributed by atoms with Crippen LogP contribution in [0.5, 0.6) is 0 Å². The number of hydrogen-bond acceptors (Lipinski definition) is 4. The monoisotopic (exact) mass is 376 g/mol. The molecule has 0 saturated carbocycles. The van der Waals surface area contributed by atoms with E-state index in [0.29, 0.717) is 11.5 Å². The molecule has 0 aliphatic heterocycles. The summed E-state index contributed by atoms with van der Waals surface area (Å²) in [5, 5.41) is 9.28. The molecule has 0 radical (unpaired) electrons. The molecule has 3 aromatic rings. The number of nitrogens with zero attached hydrogens (tertiary/aromatic N) is 2. The second-order valence-corrected chi connectivity index (χ2v) is 6.48. The molecule has 5 nitrogen and oxygen atoms in total. The number of carboxylic acid groups (broad SMARTS) is 1. The van der Waals surface area contributed by atoms with E-state index in [4.69, 9.17) is 4.42 Å². The molecule has 2 aromatic carbocycles. The highest BCUT2D eigenvalue weighted by atomic mass is 16.4. The first-order chi connectivity index (χ1) is 13.5. The number of aromatic carboxylic acids is 1. The van der Waals surface area contributed by atoms with Crippen LogP contribution >= 0.6 is 0 Å². The Hall–Kier alpha value is -3.34. The van der Waals surface area contributed by atoms with Crippen molar-refractivity contribution in [2.45, 2.75) is 20.8 Å². The summed E-state index contributed by atoms with van der Waals surface area (Å²) >= 11 is 0. The van der Waals surface area contributed by atoms with E-state index in [1.807, 2.05) is 30.3 Å². The number of aliphatic imine (C=N–C) groups is 1. The number of anilines is 1. The molecule has 144 valence electrons. The van der Waals surface area contributed by atoms with Crippen LogP contribution in [0.3, 0.4) is 0 Å². The first-order valence-corrected chi connectivity index (χ1v) is 9.35. The summed E-state index contributed by atoms with van der Waals surface area (Å²) < 4.78 is 5.81. The number of furan rings is 1. The molecule has 0 saturated heterocycles. The van der Waals surface area contributed by atoms with Crippen molar-refractivity contribution in [3.63, 3.8) is 0 Å². The highest BCUT2D eigenvalue weighted by Crippen LogP contribution is 2.25. The standard InChI is InChI=1S/C23H24N2O3/c1-4-25(5-2)19-10-8-18(9-11-19)24-15-20-12-13-22(28-20)17-7-6-16(3)21(14-17)23(26)27/h6-15H,4-5H2,1-3H3,(H,26,27). The normalized spacial score (nSPS) is 11.1. The fourth-order valence-electron chi connectivity index (χ4n) is 3.06. The lowest BCUT2D eigenvalue weighted by atomic mass is 10.0. The second-order valence-electron chi connectivity index (χ2n) is 6.48. The van der Waals surface area contributed by atoms with Gasteiger partial charge >= 0.3 is 5.97 Å². The average molecular weight is 376 g/mol. The lowest BCUT2D eigenvalue weighted by molar-refractivity contribution is 0.0696. The lowest BCUT2D eigenvalue weighted by Gasteiger charge is -2.20. The molecular formula is C23H24N2O3. The summed E-state index contributed by atoms with van der Waals surface area (Å²) in [6.45, 7) is 7.99. The van der Waals surface area contributed by atoms with Crippen LogP contribution in [0, 0.1) is 6.92 Å². The zero-order valence-electron chi connectivity index (χ0n) is 16.3. The molecule has 3 rings (SSSR count). The van der Waals surface area contributed by atoms with Gasteiger partial charge < -0.3 is 14.4 Å². The largest absolute Gasteiger partial charge is 0.478 e. The molecule has 1 aromatic heterocycles. The molecule has 0 aliphatic carbocycles. The number of aryl methyl sites for hydroxylation is 1. The van der Waals surface area contributed by atoms with Gasteiger partial charge in [0.25, 0.3) is 0 Å². The SMILES string of the molecule is CCN(CC)c1ccc(N=Cc2ccc(-c3ccc(C)c(C(=O)O)c3)o2)cc1. The molecule has 5 heteroatoms. The third-order valence-corrected chi connectivity index (χ3v) is 4.70. The number of carboxylic acids is 1. The van der Waals surface area contributed by atoms with Crippen molar-refractivity contribution in [2.24, 2.45) is 4.99 Å². The van der Waals surface area contributed by atoms with Gasteiger partial charge in [0, 0.05) is 24.3 Å². The predicted octanol–water partition coefficient (Wildman–Crippen LogP) is 5.55. The molecule has 0 unspecified atom stereocenters. The van der Waals surface area contributed by atoms with Crippen LogP contribution in [0.15, 0.2) is 64.0 Å². The van der Waals surface area contributed by atoms with Crippen LogP contribution in [-0.4, -0.2) is 30.4 Å². The molecule has 1 N–H and O–H groups in total. The van der Waals surface area contributed by atoms with E-state index in [0.717, 1.165) is 29.9 Å². The lowest BCUT2D eigenvalue weighted by Crippen LogP contribution is -2.21. The zero-order valence-corrected chi connectivity index (χ0v) is 16.3. The van der Waals surface area contributed by atoms with Gasteiger partial charge in [-0.05, 0) is 68.8 Å². The quantitative estimate of drug-likeness (QED) is 0.549. The highest BCUT2D eigenvalue weighted by molar-refractivity contribution is 5.91. The Kier molecular flexibility index (Phi) is 5.94. The van der Waals surface area contributed by atoms with Gasteiger partial charge in [0.05, 0.1) is 17.5 Å². The zero-order chi connectivity index (χ0) is 20.1. The van der Waals surface area contributed by atoms with Crippen molar-refractivity contribution >= 4 is 23.6 Å². The Bertz CT molecular complexity index is 983. The van der Waals surface area contributed by atoms with E-state index >= 15 is 0 Å². The van der Waals surface area contributed by atoms with Crippen LogP contribution in [0.1, 0.15) is 35.5 Å². The number of rotatable bonds is 7. The molecule has 0 bridgehead atoms. The summed E-state index contributed by atoms with van der Waals surface area (Å²) in [4.78, 5) is 18.1. The summed E-state index contributed by atoms with van der Waals surface area (Å²) in [5.74, 6) is 0.280. The summed E-state index contributed by atoms with van der Waals surface area (Å²) in [5.41, 5.74) is 3.75. The highest BCUT2D eigenvalue weighted by Gasteiger charge is 2.11. The van der Waals surface area contributed by atoms with Gasteiger partial charge in [0.1, 0.15) is 11.5 Å². The molecule has 1 heterocycles. The van der Waals surface area contributed by atoms with E-state index in [1.54, 1.807) is 25.3 Å². The minimum atomic E-state index is -0.944. The Morgan fingerprint density at radius 1 is 1.07 bits per heavy atom. The molecular weight excluding hydrogens is 352 g/mol. The third kappa shape index (κ3) is 4.31. The van der Waals surface area contributed by atoms with Gasteiger partial charge in [0.2, 0.25) is 0 Å². The van der Waals surface area contributed by atoms with Gasteiger partial charge in [-0.2, -0.15) is 0 Å². The van der Waals surface area contributed by atoms with Crippen molar-refractivity contribution in [2.75, 3.05) is 18.0 Å². The maximum atomic E-state index is 11.3. The Morgan fingerprint density at radius 2 is 1.79 bits per heavy atom. The van der Waals surface area contributed by atoms with Crippen LogP contribution in [-0.2, 0) is 0 Å². The number of hydrogen-bond donors (Lipinski definition) is 1. The van der Waals surface area contributed by atoms with E-state index < -0.39 is 5.97 Å². The maximum Gasteiger partial charge on any atom is 0.335 e. The first-order valence-electron chi connectivity index (χ1n) is 9.35. The molecule has 0 amide bonds. The van der Waals surface area contributed by atoms with E-state index in [-0.39, 0.29) is 5.56 Å².